The highest BCUT2D eigenvalue weighted by molar-refractivity contribution is 7.39. The van der Waals surface area contributed by atoms with Gasteiger partial charge in [0.15, 0.2) is 7.98 Å². The summed E-state index contributed by atoms with van der Waals surface area (Å²) in [7, 11) is 3.25. The van der Waals surface area contributed by atoms with Gasteiger partial charge in [-0.25, -0.2) is 0 Å². The van der Waals surface area contributed by atoms with Crippen molar-refractivity contribution in [1.29, 1.82) is 0 Å². The Balaban J connectivity index is 1.94. The molecule has 0 radical (unpaired) electrons. The van der Waals surface area contributed by atoms with Gasteiger partial charge in [-0.05, 0) is 37.8 Å². The van der Waals surface area contributed by atoms with Gasteiger partial charge >= 0.3 is 0 Å². The Morgan fingerprint density at radius 3 is 2.89 bits per heavy atom. The number of nitrogens with zero attached hydrogens (tertiary/aromatic N) is 1. The van der Waals surface area contributed by atoms with Gasteiger partial charge in [-0.2, -0.15) is 0 Å². The molecule has 0 aliphatic carbocycles. The molecule has 0 saturated carbocycles. The van der Waals surface area contributed by atoms with Crippen LogP contribution in [0, 0.1) is 5.92 Å². The second-order valence-corrected chi connectivity index (χ2v) is 8.14. The number of anilines is 1. The van der Waals surface area contributed by atoms with E-state index in [1.54, 1.807) is 5.56 Å². The van der Waals surface area contributed by atoms with Crippen molar-refractivity contribution in [2.45, 2.75) is 44.4 Å². The molecule has 0 amide bonds. The molecule has 2 aliphatic rings. The zero-order valence-corrected chi connectivity index (χ0v) is 13.4. The summed E-state index contributed by atoms with van der Waals surface area (Å²) in [6, 6.07) is 8.90. The maximum Gasteiger partial charge on any atom is 0.186 e. The Morgan fingerprint density at radius 1 is 1.37 bits per heavy atom. The number of fused-ring (bicyclic) bond motifs is 3. The Labute approximate surface area is 119 Å². The van der Waals surface area contributed by atoms with Crippen LogP contribution in [0.1, 0.15) is 38.7 Å². The van der Waals surface area contributed by atoms with Crippen LogP contribution in [0.4, 0.5) is 5.69 Å². The predicted molar refractivity (Wildman–Crippen MR) is 88.0 cm³/mol. The third kappa shape index (κ3) is 2.32. The average Bonchev–Trinajstić information content (AvgIpc) is 2.72. The first-order valence-corrected chi connectivity index (χ1v) is 8.57. The fourth-order valence-corrected chi connectivity index (χ4v) is 5.61. The van der Waals surface area contributed by atoms with Crippen LogP contribution in [-0.4, -0.2) is 30.4 Å². The van der Waals surface area contributed by atoms with E-state index in [1.807, 2.05) is 0 Å². The minimum absolute atomic E-state index is 0.314. The maximum absolute atomic E-state index is 3.77. The van der Waals surface area contributed by atoms with Crippen LogP contribution in [0.15, 0.2) is 24.3 Å². The first kappa shape index (κ1) is 13.5. The monoisotopic (exact) mass is 274 g/mol. The van der Waals surface area contributed by atoms with Gasteiger partial charge in [0.2, 0.25) is 0 Å². The lowest BCUT2D eigenvalue weighted by molar-refractivity contribution is 0.197. The molecule has 4 atom stereocenters. The van der Waals surface area contributed by atoms with Gasteiger partial charge in [0.1, 0.15) is 0 Å². The van der Waals surface area contributed by atoms with Crippen LogP contribution >= 0.6 is 8.58 Å². The van der Waals surface area contributed by atoms with Crippen molar-refractivity contribution >= 4 is 22.2 Å². The third-order valence-electron chi connectivity index (χ3n) is 5.01. The first-order chi connectivity index (χ1) is 8.99. The van der Waals surface area contributed by atoms with E-state index >= 15 is 0 Å². The van der Waals surface area contributed by atoms with E-state index in [0.29, 0.717) is 17.2 Å². The molecule has 4 heteroatoms. The summed E-state index contributed by atoms with van der Waals surface area (Å²) in [5.74, 6) is 2.07. The normalized spacial score (nSPS) is 35.0. The Hall–Kier alpha value is -0.525. The smallest absolute Gasteiger partial charge is 0.186 e. The molecule has 19 heavy (non-hydrogen) atoms. The fourth-order valence-electron chi connectivity index (χ4n) is 3.69. The van der Waals surface area contributed by atoms with Crippen LogP contribution in [0.25, 0.3) is 0 Å². The summed E-state index contributed by atoms with van der Waals surface area (Å²) in [5, 5.41) is 3.77. The number of hydrogen-bond acceptors (Lipinski definition) is 2. The molecule has 0 aromatic heterocycles. The second-order valence-electron chi connectivity index (χ2n) is 6.79. The predicted octanol–water partition coefficient (Wildman–Crippen LogP) is 2.83. The minimum atomic E-state index is 0.314. The Kier molecular flexibility index (Phi) is 3.39. The average molecular weight is 274 g/mol. The number of benzene rings is 1. The van der Waals surface area contributed by atoms with Crippen molar-refractivity contribution in [2.75, 3.05) is 11.6 Å². The molecule has 1 aromatic carbocycles. The van der Waals surface area contributed by atoms with Gasteiger partial charge in [0.25, 0.3) is 0 Å². The largest absolute Gasteiger partial charge is 0.378 e. The molecular formula is C15H24BN2P. The van der Waals surface area contributed by atoms with Crippen molar-refractivity contribution in [1.82, 2.24) is 4.81 Å². The number of rotatable bonds is 0. The third-order valence-corrected chi connectivity index (χ3v) is 6.61. The van der Waals surface area contributed by atoms with Crippen LogP contribution in [0.3, 0.4) is 0 Å². The molecule has 1 N–H and O–H groups in total. The topological polar surface area (TPSA) is 15.3 Å². The van der Waals surface area contributed by atoms with E-state index in [2.05, 4.69) is 63.1 Å². The highest BCUT2D eigenvalue weighted by Gasteiger charge is 2.40. The zero-order valence-electron chi connectivity index (χ0n) is 12.4. The quantitative estimate of drug-likeness (QED) is 0.578. The van der Waals surface area contributed by atoms with Gasteiger partial charge in [-0.1, -0.05) is 33.7 Å². The van der Waals surface area contributed by atoms with Gasteiger partial charge < -0.3 is 10.1 Å². The molecule has 102 valence electrons. The zero-order chi connectivity index (χ0) is 13.6. The van der Waals surface area contributed by atoms with Crippen molar-refractivity contribution in [3.8, 4) is 0 Å². The van der Waals surface area contributed by atoms with E-state index in [4.69, 9.17) is 0 Å². The lowest BCUT2D eigenvalue weighted by atomic mass is 9.79. The number of para-hydroxylation sites is 1. The highest BCUT2D eigenvalue weighted by atomic mass is 31.1. The van der Waals surface area contributed by atoms with Gasteiger partial charge in [0.05, 0.1) is 5.78 Å². The molecule has 0 spiro atoms. The fraction of sp³-hybridized carbons (Fsp3) is 0.600. The summed E-state index contributed by atoms with van der Waals surface area (Å²) >= 11 is 0. The maximum atomic E-state index is 3.77. The lowest BCUT2D eigenvalue weighted by Gasteiger charge is -2.43. The second kappa shape index (κ2) is 4.79. The van der Waals surface area contributed by atoms with E-state index in [0.717, 1.165) is 14.5 Å². The highest BCUT2D eigenvalue weighted by Crippen LogP contribution is 2.50. The van der Waals surface area contributed by atoms with Crippen molar-refractivity contribution in [3.05, 3.63) is 29.8 Å². The number of hydrogen-bond donors (Lipinski definition) is 1. The summed E-state index contributed by atoms with van der Waals surface area (Å²) in [5.41, 5.74) is 3.24. The van der Waals surface area contributed by atoms with Crippen LogP contribution < -0.4 is 5.32 Å². The minimum Gasteiger partial charge on any atom is -0.378 e. The van der Waals surface area contributed by atoms with Crippen LogP contribution in [-0.2, 0) is 0 Å². The lowest BCUT2D eigenvalue weighted by Crippen LogP contribution is -2.46. The Bertz CT molecular complexity index is 477. The summed E-state index contributed by atoms with van der Waals surface area (Å²) in [4.78, 5) is 2.54. The van der Waals surface area contributed by atoms with E-state index in [9.17, 15) is 0 Å². The summed E-state index contributed by atoms with van der Waals surface area (Å²) < 4.78 is 0. The molecule has 2 heterocycles. The molecule has 2 unspecified atom stereocenters. The van der Waals surface area contributed by atoms with Gasteiger partial charge in [-0.3, -0.25) is 0 Å². The molecule has 0 bridgehead atoms. The SMILES string of the molecule is BN1CP[C@@H]2Nc3ccccc3[C@@H]2C(C)CC1(C)C. The van der Waals surface area contributed by atoms with Crippen LogP contribution in [0.5, 0.6) is 0 Å². The van der Waals surface area contributed by atoms with Crippen LogP contribution in [0.2, 0.25) is 0 Å². The molecular weight excluding hydrogens is 250 g/mol. The molecule has 1 fully saturated rings. The van der Waals surface area contributed by atoms with Crippen molar-refractivity contribution in [3.63, 3.8) is 0 Å². The van der Waals surface area contributed by atoms with Gasteiger partial charge in [-0.15, -0.1) is 0 Å². The summed E-state index contributed by atoms with van der Waals surface area (Å²) in [6.45, 7) is 7.22. The van der Waals surface area contributed by atoms with E-state index < -0.39 is 0 Å². The molecule has 1 aromatic rings. The van der Waals surface area contributed by atoms with Crippen molar-refractivity contribution in [2.24, 2.45) is 5.92 Å². The van der Waals surface area contributed by atoms with E-state index in [-0.39, 0.29) is 0 Å². The standard InChI is InChI=1S/C15H24BN2P/c1-10-8-15(2,3)18(16)9-19-14-13(10)11-6-4-5-7-12(11)17-14/h4-7,10,13-14,17,19H,8-9,16H2,1-3H3/t10?,13-,14-/m0/s1. The molecule has 3 rings (SSSR count). The number of nitrogens with one attached hydrogen (secondary N) is 1. The van der Waals surface area contributed by atoms with Crippen molar-refractivity contribution < 1.29 is 0 Å². The van der Waals surface area contributed by atoms with E-state index in [1.165, 1.54) is 18.4 Å². The van der Waals surface area contributed by atoms with Gasteiger partial charge in [0, 0.05) is 23.4 Å². The summed E-state index contributed by atoms with van der Waals surface area (Å²) in [6.07, 6.45) is 2.48. The molecule has 2 aliphatic heterocycles. The molecule has 2 nitrogen and oxygen atoms in total. The first-order valence-electron chi connectivity index (χ1n) is 7.29. The Morgan fingerprint density at radius 2 is 2.11 bits per heavy atom. The molecule has 1 saturated heterocycles.